The van der Waals surface area contributed by atoms with Crippen LogP contribution >= 0.6 is 0 Å². The third kappa shape index (κ3) is 2.89. The van der Waals surface area contributed by atoms with Crippen molar-refractivity contribution in [1.29, 1.82) is 0 Å². The summed E-state index contributed by atoms with van der Waals surface area (Å²) in [5, 5.41) is 0.699. The third-order valence-electron chi connectivity index (χ3n) is 3.22. The van der Waals surface area contributed by atoms with Crippen molar-refractivity contribution < 1.29 is 13.5 Å². The molecule has 4 nitrogen and oxygen atoms in total. The van der Waals surface area contributed by atoms with Crippen LogP contribution < -0.4 is 16.0 Å². The normalized spacial score (nSPS) is 12.5. The van der Waals surface area contributed by atoms with Gasteiger partial charge in [0.2, 0.25) is 0 Å². The number of para-hydroxylation sites is 2. The van der Waals surface area contributed by atoms with Gasteiger partial charge in [0.25, 0.3) is 0 Å². The van der Waals surface area contributed by atoms with Gasteiger partial charge in [0.15, 0.2) is 11.4 Å². The molecule has 2 aromatic carbocycles. The zero-order valence-electron chi connectivity index (χ0n) is 11.3. The van der Waals surface area contributed by atoms with E-state index in [1.54, 1.807) is 18.2 Å². The van der Waals surface area contributed by atoms with Crippen LogP contribution in [0.25, 0.3) is 11.0 Å². The van der Waals surface area contributed by atoms with Gasteiger partial charge < -0.3 is 9.15 Å². The largest absolute Gasteiger partial charge is 0.491 e. The molecule has 3 rings (SSSR count). The summed E-state index contributed by atoms with van der Waals surface area (Å²) in [7, 11) is 0. The highest BCUT2D eigenvalue weighted by Crippen LogP contribution is 2.26. The molecule has 0 aliphatic rings. The summed E-state index contributed by atoms with van der Waals surface area (Å²) in [4.78, 5) is 0. The van der Waals surface area contributed by atoms with Crippen LogP contribution in [0.3, 0.4) is 0 Å². The standard InChI is InChI=1S/C16H15FN2O2/c17-13-8-4-5-11-9-15(21-16(11)13)14(19-18)10-20-12-6-2-1-3-7-12/h1-9,14,19H,10,18H2. The summed E-state index contributed by atoms with van der Waals surface area (Å²) in [6.07, 6.45) is 0. The van der Waals surface area contributed by atoms with E-state index >= 15 is 0 Å². The van der Waals surface area contributed by atoms with Crippen molar-refractivity contribution in [3.8, 4) is 5.75 Å². The smallest absolute Gasteiger partial charge is 0.169 e. The second-order valence-electron chi connectivity index (χ2n) is 4.65. The highest BCUT2D eigenvalue weighted by atomic mass is 19.1. The van der Waals surface area contributed by atoms with Crippen molar-refractivity contribution in [2.24, 2.45) is 5.84 Å². The van der Waals surface area contributed by atoms with E-state index < -0.39 is 5.82 Å². The number of ether oxygens (including phenoxy) is 1. The lowest BCUT2D eigenvalue weighted by Crippen LogP contribution is -2.32. The van der Waals surface area contributed by atoms with Gasteiger partial charge in [0.05, 0.1) is 0 Å². The molecule has 21 heavy (non-hydrogen) atoms. The predicted molar refractivity (Wildman–Crippen MR) is 78.2 cm³/mol. The number of benzene rings is 2. The summed E-state index contributed by atoms with van der Waals surface area (Å²) in [5.74, 6) is 6.43. The predicted octanol–water partition coefficient (Wildman–Crippen LogP) is 3.16. The van der Waals surface area contributed by atoms with Crippen LogP contribution in [-0.2, 0) is 0 Å². The highest BCUT2D eigenvalue weighted by molar-refractivity contribution is 5.78. The summed E-state index contributed by atoms with van der Waals surface area (Å²) in [6, 6.07) is 15.6. The van der Waals surface area contributed by atoms with E-state index in [4.69, 9.17) is 15.0 Å². The highest BCUT2D eigenvalue weighted by Gasteiger charge is 2.17. The Kier molecular flexibility index (Phi) is 3.85. The average molecular weight is 286 g/mol. The molecule has 1 unspecified atom stereocenters. The number of nitrogens with two attached hydrogens (primary N) is 1. The molecule has 0 bridgehead atoms. The second kappa shape index (κ2) is 5.95. The molecule has 0 aliphatic heterocycles. The quantitative estimate of drug-likeness (QED) is 0.558. The lowest BCUT2D eigenvalue weighted by molar-refractivity contribution is 0.249. The SMILES string of the molecule is NNC(COc1ccccc1)c1cc2cccc(F)c2o1. The van der Waals surface area contributed by atoms with E-state index in [0.29, 0.717) is 11.1 Å². The number of halogens is 1. The van der Waals surface area contributed by atoms with Crippen LogP contribution in [0, 0.1) is 5.82 Å². The first-order chi connectivity index (χ1) is 10.3. The Hall–Kier alpha value is -2.37. The molecule has 3 aromatic rings. The number of nitrogens with one attached hydrogen (secondary N) is 1. The number of hydrogen-bond acceptors (Lipinski definition) is 4. The first kappa shape index (κ1) is 13.6. The maximum Gasteiger partial charge on any atom is 0.169 e. The molecule has 0 fully saturated rings. The Morgan fingerprint density at radius 3 is 2.67 bits per heavy atom. The van der Waals surface area contributed by atoms with Gasteiger partial charge in [-0.1, -0.05) is 30.3 Å². The van der Waals surface area contributed by atoms with Crippen molar-refractivity contribution in [3.63, 3.8) is 0 Å². The van der Waals surface area contributed by atoms with E-state index in [-0.39, 0.29) is 18.2 Å². The van der Waals surface area contributed by atoms with Gasteiger partial charge in [0, 0.05) is 5.39 Å². The van der Waals surface area contributed by atoms with Crippen LogP contribution in [0.4, 0.5) is 4.39 Å². The van der Waals surface area contributed by atoms with Crippen molar-refractivity contribution in [3.05, 3.63) is 66.2 Å². The molecule has 0 saturated heterocycles. The summed E-state index contributed by atoms with van der Waals surface area (Å²) < 4.78 is 24.8. The van der Waals surface area contributed by atoms with Crippen LogP contribution in [-0.4, -0.2) is 6.61 Å². The number of hydrogen-bond donors (Lipinski definition) is 2. The Morgan fingerprint density at radius 2 is 1.95 bits per heavy atom. The zero-order valence-corrected chi connectivity index (χ0v) is 11.3. The molecule has 0 aliphatic carbocycles. The Bertz CT molecular complexity index is 727. The lowest BCUT2D eigenvalue weighted by Gasteiger charge is -2.14. The molecule has 1 atom stereocenters. The minimum absolute atomic E-state index is 0.229. The fourth-order valence-electron chi connectivity index (χ4n) is 2.13. The van der Waals surface area contributed by atoms with Crippen LogP contribution in [0.2, 0.25) is 0 Å². The van der Waals surface area contributed by atoms with Crippen LogP contribution in [0.5, 0.6) is 5.75 Å². The number of fused-ring (bicyclic) bond motifs is 1. The fraction of sp³-hybridized carbons (Fsp3) is 0.125. The monoisotopic (exact) mass is 286 g/mol. The maximum atomic E-state index is 13.6. The minimum Gasteiger partial charge on any atom is -0.491 e. The Morgan fingerprint density at radius 1 is 1.14 bits per heavy atom. The molecule has 0 spiro atoms. The Balaban J connectivity index is 1.80. The zero-order chi connectivity index (χ0) is 14.7. The van der Waals surface area contributed by atoms with Crippen molar-refractivity contribution >= 4 is 11.0 Å². The van der Waals surface area contributed by atoms with Crippen LogP contribution in [0.15, 0.2) is 59.0 Å². The number of rotatable bonds is 5. The van der Waals surface area contributed by atoms with Crippen molar-refractivity contribution in [2.45, 2.75) is 6.04 Å². The molecule has 1 aromatic heterocycles. The summed E-state index contributed by atoms with van der Waals surface area (Å²) in [6.45, 7) is 0.280. The molecule has 5 heteroatoms. The topological polar surface area (TPSA) is 60.4 Å². The number of furan rings is 1. The van der Waals surface area contributed by atoms with Crippen LogP contribution in [0.1, 0.15) is 11.8 Å². The molecular formula is C16H15FN2O2. The molecule has 3 N–H and O–H groups in total. The number of hydrazine groups is 1. The molecule has 0 amide bonds. The van der Waals surface area contributed by atoms with Gasteiger partial charge in [-0.2, -0.15) is 0 Å². The van der Waals surface area contributed by atoms with E-state index in [0.717, 1.165) is 5.75 Å². The second-order valence-corrected chi connectivity index (χ2v) is 4.65. The maximum absolute atomic E-state index is 13.6. The van der Waals surface area contributed by atoms with Gasteiger partial charge >= 0.3 is 0 Å². The van der Waals surface area contributed by atoms with Gasteiger partial charge in [-0.05, 0) is 24.3 Å². The summed E-state index contributed by atoms with van der Waals surface area (Å²) in [5.41, 5.74) is 2.86. The van der Waals surface area contributed by atoms with Crippen molar-refractivity contribution in [1.82, 2.24) is 5.43 Å². The summed E-state index contributed by atoms with van der Waals surface area (Å²) >= 11 is 0. The first-order valence-corrected chi connectivity index (χ1v) is 6.60. The average Bonchev–Trinajstić information content (AvgIpc) is 2.94. The fourth-order valence-corrected chi connectivity index (χ4v) is 2.13. The van der Waals surface area contributed by atoms with Gasteiger partial charge in [0.1, 0.15) is 24.2 Å². The molecule has 1 heterocycles. The third-order valence-corrected chi connectivity index (χ3v) is 3.22. The lowest BCUT2D eigenvalue weighted by atomic mass is 10.2. The van der Waals surface area contributed by atoms with E-state index in [1.165, 1.54) is 6.07 Å². The minimum atomic E-state index is -0.390. The van der Waals surface area contributed by atoms with Gasteiger partial charge in [-0.3, -0.25) is 5.84 Å². The van der Waals surface area contributed by atoms with Gasteiger partial charge in [-0.25, -0.2) is 9.82 Å². The first-order valence-electron chi connectivity index (χ1n) is 6.60. The molecule has 108 valence electrons. The molecule has 0 saturated carbocycles. The van der Waals surface area contributed by atoms with E-state index in [1.807, 2.05) is 30.3 Å². The molecular weight excluding hydrogens is 271 g/mol. The van der Waals surface area contributed by atoms with E-state index in [9.17, 15) is 4.39 Å². The molecule has 0 radical (unpaired) electrons. The Labute approximate surface area is 121 Å². The van der Waals surface area contributed by atoms with Gasteiger partial charge in [-0.15, -0.1) is 0 Å². The van der Waals surface area contributed by atoms with Crippen molar-refractivity contribution in [2.75, 3.05) is 6.61 Å². The van der Waals surface area contributed by atoms with E-state index in [2.05, 4.69) is 5.43 Å².